The lowest BCUT2D eigenvalue weighted by molar-refractivity contribution is 0.0535. The molecule has 0 atom stereocenters. The second-order valence-electron chi connectivity index (χ2n) is 9.11. The molecule has 0 saturated carbocycles. The molecule has 1 spiro atoms. The molecule has 0 amide bonds. The largest absolute Gasteiger partial charge is 0.457 e. The van der Waals surface area contributed by atoms with Gasteiger partial charge in [0.2, 0.25) is 0 Å². The number of esters is 1. The average Bonchev–Trinajstić information content (AvgIpc) is 3.17. The first-order chi connectivity index (χ1) is 14.6. The van der Waals surface area contributed by atoms with Crippen molar-refractivity contribution in [2.75, 3.05) is 37.6 Å². The topological polar surface area (TPSA) is 58.6 Å². The monoisotopic (exact) mass is 406 g/mol. The van der Waals surface area contributed by atoms with E-state index in [1.807, 2.05) is 12.1 Å². The first-order valence-electron chi connectivity index (χ1n) is 11.2. The minimum Gasteiger partial charge on any atom is -0.457 e. The van der Waals surface area contributed by atoms with Gasteiger partial charge in [0, 0.05) is 31.4 Å². The van der Waals surface area contributed by atoms with Gasteiger partial charge >= 0.3 is 5.97 Å². The van der Waals surface area contributed by atoms with Crippen molar-refractivity contribution in [1.29, 1.82) is 0 Å². The maximum atomic E-state index is 11.7. The van der Waals surface area contributed by atoms with Gasteiger partial charge in [-0.1, -0.05) is 6.07 Å². The molecule has 6 heteroatoms. The molecule has 5 rings (SSSR count). The van der Waals surface area contributed by atoms with Crippen LogP contribution in [0.5, 0.6) is 0 Å². The molecule has 3 aliphatic rings. The van der Waals surface area contributed by atoms with Crippen LogP contribution >= 0.6 is 0 Å². The molecule has 1 aromatic heterocycles. The van der Waals surface area contributed by atoms with E-state index in [1.165, 1.54) is 49.9 Å². The standard InChI is InChI=1S/C24H30N4O2/c1-18-19(4-5-20-21(18)17-30-23(20)29)6-12-27-13-7-24(8-14-27)9-15-28(16-10-24)22-3-2-11-25-26-22/h2-5,11H,6-10,12-17H2,1H3. The normalized spacial score (nSPS) is 21.0. The van der Waals surface area contributed by atoms with Crippen LogP contribution in [0.3, 0.4) is 0 Å². The number of benzene rings is 1. The van der Waals surface area contributed by atoms with Gasteiger partial charge in [-0.05, 0) is 86.9 Å². The number of aromatic nitrogens is 2. The van der Waals surface area contributed by atoms with Gasteiger partial charge in [0.15, 0.2) is 5.82 Å². The Morgan fingerprint density at radius 3 is 2.57 bits per heavy atom. The van der Waals surface area contributed by atoms with Crippen molar-refractivity contribution in [3.05, 3.63) is 52.7 Å². The Balaban J connectivity index is 1.13. The van der Waals surface area contributed by atoms with Gasteiger partial charge in [-0.3, -0.25) is 0 Å². The Labute approximate surface area is 178 Å². The van der Waals surface area contributed by atoms with E-state index in [0.717, 1.165) is 43.0 Å². The molecule has 0 N–H and O–H groups in total. The van der Waals surface area contributed by atoms with Crippen molar-refractivity contribution in [3.8, 4) is 0 Å². The molecule has 2 fully saturated rings. The number of cyclic esters (lactones) is 1. The van der Waals surface area contributed by atoms with Gasteiger partial charge in [0.1, 0.15) is 6.61 Å². The Morgan fingerprint density at radius 2 is 1.83 bits per heavy atom. The highest BCUT2D eigenvalue weighted by Crippen LogP contribution is 2.41. The van der Waals surface area contributed by atoms with Crippen LogP contribution in [0, 0.1) is 12.3 Å². The molecule has 30 heavy (non-hydrogen) atoms. The number of anilines is 1. The third kappa shape index (κ3) is 3.69. The van der Waals surface area contributed by atoms with Gasteiger partial charge in [-0.2, -0.15) is 5.10 Å². The summed E-state index contributed by atoms with van der Waals surface area (Å²) in [6.07, 6.45) is 7.90. The molecule has 0 unspecified atom stereocenters. The Bertz CT molecular complexity index is 912. The first kappa shape index (κ1) is 19.5. The molecule has 0 radical (unpaired) electrons. The van der Waals surface area contributed by atoms with Crippen molar-refractivity contribution >= 4 is 11.8 Å². The lowest BCUT2D eigenvalue weighted by Gasteiger charge is -2.47. The molecule has 6 nitrogen and oxygen atoms in total. The Hall–Kier alpha value is -2.47. The van der Waals surface area contributed by atoms with Crippen molar-refractivity contribution in [2.24, 2.45) is 5.41 Å². The third-order valence-corrected chi connectivity index (χ3v) is 7.60. The molecule has 3 aliphatic heterocycles. The van der Waals surface area contributed by atoms with E-state index in [2.05, 4.69) is 39.1 Å². The lowest BCUT2D eigenvalue weighted by atomic mass is 9.71. The van der Waals surface area contributed by atoms with Crippen LogP contribution < -0.4 is 4.90 Å². The third-order valence-electron chi connectivity index (χ3n) is 7.60. The van der Waals surface area contributed by atoms with E-state index >= 15 is 0 Å². The van der Waals surface area contributed by atoms with Crippen LogP contribution in [0.4, 0.5) is 5.82 Å². The van der Waals surface area contributed by atoms with Crippen molar-refractivity contribution in [3.63, 3.8) is 0 Å². The molecule has 2 aromatic rings. The lowest BCUT2D eigenvalue weighted by Crippen LogP contribution is -2.47. The fourth-order valence-electron chi connectivity index (χ4n) is 5.37. The fraction of sp³-hybridized carbons (Fsp3) is 0.542. The molecule has 158 valence electrons. The van der Waals surface area contributed by atoms with Crippen molar-refractivity contribution < 1.29 is 9.53 Å². The summed E-state index contributed by atoms with van der Waals surface area (Å²) in [5, 5.41) is 8.30. The molecule has 1 aromatic carbocycles. The highest BCUT2D eigenvalue weighted by atomic mass is 16.5. The number of piperidine rings is 2. The van der Waals surface area contributed by atoms with Crippen LogP contribution in [-0.4, -0.2) is 53.8 Å². The Morgan fingerprint density at radius 1 is 1.07 bits per heavy atom. The highest BCUT2D eigenvalue weighted by molar-refractivity contribution is 5.93. The number of hydrogen-bond donors (Lipinski definition) is 0. The van der Waals surface area contributed by atoms with Gasteiger partial charge in [-0.25, -0.2) is 4.79 Å². The zero-order valence-corrected chi connectivity index (χ0v) is 17.8. The number of nitrogens with zero attached hydrogens (tertiary/aromatic N) is 4. The maximum Gasteiger partial charge on any atom is 0.338 e. The van der Waals surface area contributed by atoms with Crippen molar-refractivity contribution in [2.45, 2.75) is 45.6 Å². The molecule has 0 bridgehead atoms. The van der Waals surface area contributed by atoms with Crippen molar-refractivity contribution in [1.82, 2.24) is 15.1 Å². The average molecular weight is 407 g/mol. The smallest absolute Gasteiger partial charge is 0.338 e. The van der Waals surface area contributed by atoms with Gasteiger partial charge in [0.05, 0.1) is 5.56 Å². The second-order valence-corrected chi connectivity index (χ2v) is 9.11. The predicted octanol–water partition coefficient (Wildman–Crippen LogP) is 3.38. The Kier molecular flexibility index (Phi) is 5.19. The number of hydrogen-bond acceptors (Lipinski definition) is 6. The molecule has 4 heterocycles. The van der Waals surface area contributed by atoms with E-state index < -0.39 is 0 Å². The maximum absolute atomic E-state index is 11.7. The predicted molar refractivity (Wildman–Crippen MR) is 116 cm³/mol. The van der Waals surface area contributed by atoms with Crippen LogP contribution in [0.2, 0.25) is 0 Å². The van der Waals surface area contributed by atoms with E-state index in [9.17, 15) is 4.79 Å². The number of carbonyl (C=O) groups is 1. The zero-order valence-electron chi connectivity index (χ0n) is 17.8. The molecule has 2 saturated heterocycles. The summed E-state index contributed by atoms with van der Waals surface area (Å²) in [5.74, 6) is 0.841. The SMILES string of the molecule is Cc1c(CCN2CCC3(CC2)CCN(c2cccnn2)CC3)ccc2c1COC2=O. The van der Waals surface area contributed by atoms with Crippen LogP contribution in [0.15, 0.2) is 30.5 Å². The number of rotatable bonds is 4. The van der Waals surface area contributed by atoms with Crippen LogP contribution in [0.25, 0.3) is 0 Å². The minimum absolute atomic E-state index is 0.175. The van der Waals surface area contributed by atoms with Gasteiger partial charge in [0.25, 0.3) is 0 Å². The van der Waals surface area contributed by atoms with Crippen LogP contribution in [0.1, 0.15) is 52.7 Å². The van der Waals surface area contributed by atoms with Gasteiger partial charge in [-0.15, -0.1) is 5.10 Å². The second kappa shape index (κ2) is 7.99. The summed E-state index contributed by atoms with van der Waals surface area (Å²) in [4.78, 5) is 16.7. The first-order valence-corrected chi connectivity index (χ1v) is 11.2. The minimum atomic E-state index is -0.175. The van der Waals surface area contributed by atoms with Crippen LogP contribution in [-0.2, 0) is 17.8 Å². The van der Waals surface area contributed by atoms with E-state index in [4.69, 9.17) is 4.74 Å². The molecular formula is C24H30N4O2. The van der Waals surface area contributed by atoms with E-state index in [1.54, 1.807) is 6.20 Å². The molecule has 0 aliphatic carbocycles. The number of ether oxygens (including phenoxy) is 1. The number of likely N-dealkylation sites (tertiary alicyclic amines) is 1. The van der Waals surface area contributed by atoms with Gasteiger partial charge < -0.3 is 14.5 Å². The summed E-state index contributed by atoms with van der Waals surface area (Å²) < 4.78 is 5.19. The quantitative estimate of drug-likeness (QED) is 0.726. The van der Waals surface area contributed by atoms with E-state index in [0.29, 0.717) is 12.0 Å². The fourth-order valence-corrected chi connectivity index (χ4v) is 5.37. The highest BCUT2D eigenvalue weighted by Gasteiger charge is 2.37. The zero-order chi connectivity index (χ0) is 20.6. The molecular weight excluding hydrogens is 376 g/mol. The summed E-state index contributed by atoms with van der Waals surface area (Å²) in [6.45, 7) is 8.23. The van der Waals surface area contributed by atoms with E-state index in [-0.39, 0.29) is 5.97 Å². The summed E-state index contributed by atoms with van der Waals surface area (Å²) in [5.41, 5.74) is 4.94. The number of fused-ring (bicyclic) bond motifs is 1. The summed E-state index contributed by atoms with van der Waals surface area (Å²) in [7, 11) is 0. The summed E-state index contributed by atoms with van der Waals surface area (Å²) >= 11 is 0. The summed E-state index contributed by atoms with van der Waals surface area (Å²) in [6, 6.07) is 8.10. The number of carbonyl (C=O) groups excluding carboxylic acids is 1.